The fourth-order valence-electron chi connectivity index (χ4n) is 1.18. The maximum Gasteiger partial charge on any atom is 0.0477 e. The molecule has 1 aliphatic rings. The van der Waals surface area contributed by atoms with Gasteiger partial charge in [0, 0.05) is 22.3 Å². The highest BCUT2D eigenvalue weighted by atomic mass is 35.5. The van der Waals surface area contributed by atoms with E-state index in [0.717, 1.165) is 10.7 Å². The topological polar surface area (TPSA) is 12.9 Å². The number of hydrogen-bond donors (Lipinski definition) is 0. The molecule has 0 unspecified atom stereocenters. The van der Waals surface area contributed by atoms with E-state index in [1.807, 2.05) is 12.1 Å². The van der Waals surface area contributed by atoms with Crippen LogP contribution in [0.5, 0.6) is 0 Å². The van der Waals surface area contributed by atoms with Gasteiger partial charge in [-0.05, 0) is 25.0 Å². The lowest BCUT2D eigenvalue weighted by Crippen LogP contribution is -2.01. The molecular weight excluding hydrogens is 158 g/mol. The highest BCUT2D eigenvalue weighted by Gasteiger charge is 2.40. The third-order valence-corrected chi connectivity index (χ3v) is 2.58. The normalized spacial score (nSPS) is 19.8. The van der Waals surface area contributed by atoms with Crippen molar-refractivity contribution in [2.24, 2.45) is 0 Å². The van der Waals surface area contributed by atoms with Crippen LogP contribution < -0.4 is 0 Å². The van der Waals surface area contributed by atoms with Crippen molar-refractivity contribution in [3.8, 4) is 0 Å². The lowest BCUT2D eigenvalue weighted by atomic mass is 10.1. The monoisotopic (exact) mass is 167 g/mol. The Balaban J connectivity index is 2.38. The van der Waals surface area contributed by atoms with Crippen LogP contribution in [0.2, 0.25) is 5.02 Å². The Morgan fingerprint density at radius 1 is 1.55 bits per heavy atom. The summed E-state index contributed by atoms with van der Waals surface area (Å²) < 4.78 is 0. The largest absolute Gasteiger partial charge is 0.261 e. The summed E-state index contributed by atoms with van der Waals surface area (Å²) in [6, 6.07) is 3.78. The summed E-state index contributed by atoms with van der Waals surface area (Å²) in [5, 5.41) is 0.795. The summed E-state index contributed by atoms with van der Waals surface area (Å²) in [4.78, 5) is 4.29. The van der Waals surface area contributed by atoms with Crippen LogP contribution in [0.15, 0.2) is 18.3 Å². The maximum atomic E-state index is 5.84. The highest BCUT2D eigenvalue weighted by molar-refractivity contribution is 6.30. The first kappa shape index (κ1) is 7.11. The molecule has 1 fully saturated rings. The third-order valence-electron chi connectivity index (χ3n) is 2.34. The van der Waals surface area contributed by atoms with Gasteiger partial charge in [-0.15, -0.1) is 0 Å². The lowest BCUT2D eigenvalue weighted by molar-refractivity contribution is 0.750. The van der Waals surface area contributed by atoms with E-state index in [0.29, 0.717) is 5.41 Å². The molecular formula is C9H10ClN. The summed E-state index contributed by atoms with van der Waals surface area (Å²) in [6.07, 6.45) is 4.28. The quantitative estimate of drug-likeness (QED) is 0.627. The molecule has 0 saturated heterocycles. The van der Waals surface area contributed by atoms with Crippen molar-refractivity contribution in [3.05, 3.63) is 29.0 Å². The fraction of sp³-hybridized carbons (Fsp3) is 0.444. The van der Waals surface area contributed by atoms with E-state index in [9.17, 15) is 0 Å². The number of pyridine rings is 1. The van der Waals surface area contributed by atoms with Crippen LogP contribution in [0.25, 0.3) is 0 Å². The van der Waals surface area contributed by atoms with Crippen molar-refractivity contribution in [1.82, 2.24) is 4.98 Å². The predicted molar refractivity (Wildman–Crippen MR) is 45.8 cm³/mol. The number of rotatable bonds is 1. The van der Waals surface area contributed by atoms with Crippen LogP contribution in [0.4, 0.5) is 0 Å². The lowest BCUT2D eigenvalue weighted by Gasteiger charge is -2.06. The van der Waals surface area contributed by atoms with Gasteiger partial charge in [0.1, 0.15) is 0 Å². The minimum absolute atomic E-state index is 0.338. The molecule has 1 nitrogen and oxygen atoms in total. The Hall–Kier alpha value is -0.560. The van der Waals surface area contributed by atoms with E-state index < -0.39 is 0 Å². The summed E-state index contributed by atoms with van der Waals surface area (Å²) in [5.41, 5.74) is 1.48. The molecule has 0 spiro atoms. The average molecular weight is 168 g/mol. The predicted octanol–water partition coefficient (Wildman–Crippen LogP) is 2.79. The van der Waals surface area contributed by atoms with Crippen molar-refractivity contribution < 1.29 is 0 Å². The second-order valence-electron chi connectivity index (χ2n) is 3.42. The van der Waals surface area contributed by atoms with Gasteiger partial charge < -0.3 is 0 Å². The van der Waals surface area contributed by atoms with E-state index in [-0.39, 0.29) is 0 Å². The van der Waals surface area contributed by atoms with E-state index in [1.54, 1.807) is 6.20 Å². The molecule has 0 N–H and O–H groups in total. The Kier molecular flexibility index (Phi) is 1.43. The molecule has 0 aliphatic heterocycles. The molecule has 1 saturated carbocycles. The molecule has 1 heterocycles. The van der Waals surface area contributed by atoms with Crippen LogP contribution in [0.1, 0.15) is 25.5 Å². The Labute approximate surface area is 71.4 Å². The number of aromatic nitrogens is 1. The van der Waals surface area contributed by atoms with Crippen molar-refractivity contribution >= 4 is 11.6 Å². The second-order valence-corrected chi connectivity index (χ2v) is 3.86. The van der Waals surface area contributed by atoms with E-state index >= 15 is 0 Å². The molecule has 0 radical (unpaired) electrons. The van der Waals surface area contributed by atoms with Gasteiger partial charge in [-0.3, -0.25) is 4.98 Å². The van der Waals surface area contributed by atoms with Gasteiger partial charge in [0.2, 0.25) is 0 Å². The number of nitrogens with zero attached hydrogens (tertiary/aromatic N) is 1. The van der Waals surface area contributed by atoms with Gasteiger partial charge in [-0.1, -0.05) is 18.5 Å². The zero-order valence-electron chi connectivity index (χ0n) is 6.47. The van der Waals surface area contributed by atoms with Crippen LogP contribution in [0.3, 0.4) is 0 Å². The molecule has 2 rings (SSSR count). The van der Waals surface area contributed by atoms with Gasteiger partial charge in [0.15, 0.2) is 0 Å². The first-order valence-electron chi connectivity index (χ1n) is 3.83. The number of hydrogen-bond acceptors (Lipinski definition) is 1. The van der Waals surface area contributed by atoms with Gasteiger partial charge >= 0.3 is 0 Å². The molecule has 0 bridgehead atoms. The zero-order chi connectivity index (χ0) is 7.90. The Morgan fingerprint density at radius 2 is 2.27 bits per heavy atom. The average Bonchev–Trinajstić information content (AvgIpc) is 2.70. The van der Waals surface area contributed by atoms with Crippen LogP contribution in [-0.2, 0) is 5.41 Å². The summed E-state index contributed by atoms with van der Waals surface area (Å²) in [5.74, 6) is 0. The first-order chi connectivity index (χ1) is 5.21. The van der Waals surface area contributed by atoms with E-state index in [1.165, 1.54) is 12.8 Å². The molecule has 2 heteroatoms. The van der Waals surface area contributed by atoms with Crippen molar-refractivity contribution in [2.75, 3.05) is 0 Å². The van der Waals surface area contributed by atoms with Crippen molar-refractivity contribution in [1.29, 1.82) is 0 Å². The maximum absolute atomic E-state index is 5.84. The molecule has 0 amide bonds. The summed E-state index contributed by atoms with van der Waals surface area (Å²) >= 11 is 5.84. The molecule has 58 valence electrons. The second kappa shape index (κ2) is 2.21. The molecule has 1 aliphatic carbocycles. The highest BCUT2D eigenvalue weighted by Crippen LogP contribution is 2.46. The Morgan fingerprint density at radius 3 is 2.82 bits per heavy atom. The SMILES string of the molecule is CC1(c2cc(Cl)ccn2)CC1. The smallest absolute Gasteiger partial charge is 0.0477 e. The molecule has 11 heavy (non-hydrogen) atoms. The molecule has 0 aromatic carbocycles. The van der Waals surface area contributed by atoms with E-state index in [4.69, 9.17) is 11.6 Å². The van der Waals surface area contributed by atoms with Crippen LogP contribution >= 0.6 is 11.6 Å². The molecule has 1 aromatic heterocycles. The van der Waals surface area contributed by atoms with Crippen molar-refractivity contribution in [2.45, 2.75) is 25.2 Å². The number of halogens is 1. The van der Waals surface area contributed by atoms with Gasteiger partial charge in [0.25, 0.3) is 0 Å². The standard InChI is InChI=1S/C9H10ClN/c1-9(3-4-9)8-6-7(10)2-5-11-8/h2,5-6H,3-4H2,1H3. The van der Waals surface area contributed by atoms with Gasteiger partial charge in [-0.2, -0.15) is 0 Å². The molecule has 1 aromatic rings. The van der Waals surface area contributed by atoms with Crippen LogP contribution in [-0.4, -0.2) is 4.98 Å². The summed E-state index contributed by atoms with van der Waals surface area (Å²) in [7, 11) is 0. The van der Waals surface area contributed by atoms with Gasteiger partial charge in [-0.25, -0.2) is 0 Å². The summed E-state index contributed by atoms with van der Waals surface area (Å²) in [6.45, 7) is 2.23. The van der Waals surface area contributed by atoms with Crippen LogP contribution in [0, 0.1) is 0 Å². The first-order valence-corrected chi connectivity index (χ1v) is 4.21. The fourth-order valence-corrected chi connectivity index (χ4v) is 1.34. The van der Waals surface area contributed by atoms with Crippen molar-refractivity contribution in [3.63, 3.8) is 0 Å². The van der Waals surface area contributed by atoms with Gasteiger partial charge in [0.05, 0.1) is 0 Å². The minimum atomic E-state index is 0.338. The minimum Gasteiger partial charge on any atom is -0.261 e. The van der Waals surface area contributed by atoms with E-state index in [2.05, 4.69) is 11.9 Å². The Bertz CT molecular complexity index is 279. The zero-order valence-corrected chi connectivity index (χ0v) is 7.23. The third kappa shape index (κ3) is 1.25. The molecule has 0 atom stereocenters.